The molecule has 17 heavy (non-hydrogen) atoms. The van der Waals surface area contributed by atoms with E-state index in [-0.39, 0.29) is 0 Å². The molecule has 0 atom stereocenters. The van der Waals surface area contributed by atoms with Gasteiger partial charge in [0.1, 0.15) is 0 Å². The Balaban J connectivity index is 2.30. The summed E-state index contributed by atoms with van der Waals surface area (Å²) >= 11 is 0. The molecule has 0 radical (unpaired) electrons. The summed E-state index contributed by atoms with van der Waals surface area (Å²) in [5.74, 6) is 0. The second-order valence-corrected chi connectivity index (χ2v) is 4.07. The first-order valence-corrected chi connectivity index (χ1v) is 5.61. The van der Waals surface area contributed by atoms with E-state index in [1.165, 1.54) is 5.39 Å². The summed E-state index contributed by atoms with van der Waals surface area (Å²) in [4.78, 5) is 8.83. The predicted octanol–water partition coefficient (Wildman–Crippen LogP) is 3.61. The molecule has 0 saturated carbocycles. The van der Waals surface area contributed by atoms with E-state index in [0.29, 0.717) is 0 Å². The van der Waals surface area contributed by atoms with Crippen LogP contribution in [0, 0.1) is 6.92 Å². The van der Waals surface area contributed by atoms with E-state index in [1.807, 2.05) is 49.6 Å². The van der Waals surface area contributed by atoms with Crippen molar-refractivity contribution >= 4 is 10.8 Å². The van der Waals surface area contributed by atoms with E-state index in [1.54, 1.807) is 0 Å². The fourth-order valence-electron chi connectivity index (χ4n) is 2.01. The second kappa shape index (κ2) is 3.98. The van der Waals surface area contributed by atoms with Crippen LogP contribution in [-0.2, 0) is 0 Å². The van der Waals surface area contributed by atoms with Crippen molar-refractivity contribution in [2.75, 3.05) is 0 Å². The molecule has 0 saturated heterocycles. The number of hydrogen-bond donors (Lipinski definition) is 0. The van der Waals surface area contributed by atoms with Crippen LogP contribution >= 0.6 is 0 Å². The second-order valence-electron chi connectivity index (χ2n) is 4.07. The van der Waals surface area contributed by atoms with Crippen molar-refractivity contribution in [3.8, 4) is 11.3 Å². The molecule has 3 aromatic rings. The van der Waals surface area contributed by atoms with Gasteiger partial charge in [-0.05, 0) is 24.4 Å². The molecule has 2 heterocycles. The summed E-state index contributed by atoms with van der Waals surface area (Å²) in [6, 6.07) is 14.3. The van der Waals surface area contributed by atoms with Crippen molar-refractivity contribution in [3.05, 3.63) is 60.6 Å². The quantitative estimate of drug-likeness (QED) is 0.626. The molecule has 0 spiro atoms. The molecule has 2 nitrogen and oxygen atoms in total. The van der Waals surface area contributed by atoms with E-state index in [4.69, 9.17) is 0 Å². The van der Waals surface area contributed by atoms with Gasteiger partial charge in [0.2, 0.25) is 0 Å². The minimum absolute atomic E-state index is 0.981. The third kappa shape index (κ3) is 1.78. The Morgan fingerprint density at radius 2 is 1.76 bits per heavy atom. The largest absolute Gasteiger partial charge is 0.263 e. The molecule has 0 fully saturated rings. The normalized spacial score (nSPS) is 10.6. The zero-order valence-corrected chi connectivity index (χ0v) is 9.59. The summed E-state index contributed by atoms with van der Waals surface area (Å²) in [7, 11) is 0. The number of aromatic nitrogens is 2. The van der Waals surface area contributed by atoms with Gasteiger partial charge in [-0.25, -0.2) is 0 Å². The van der Waals surface area contributed by atoms with Crippen LogP contribution in [0.25, 0.3) is 22.0 Å². The number of fused-ring (bicyclic) bond motifs is 1. The Morgan fingerprint density at radius 3 is 2.65 bits per heavy atom. The number of hydrogen-bond acceptors (Lipinski definition) is 2. The monoisotopic (exact) mass is 220 g/mol. The highest BCUT2D eigenvalue weighted by molar-refractivity contribution is 5.94. The topological polar surface area (TPSA) is 25.8 Å². The highest BCUT2D eigenvalue weighted by atomic mass is 14.7. The molecule has 0 aliphatic rings. The van der Waals surface area contributed by atoms with Gasteiger partial charge in [-0.2, -0.15) is 0 Å². The van der Waals surface area contributed by atoms with Crippen LogP contribution in [0.1, 0.15) is 5.69 Å². The highest BCUT2D eigenvalue weighted by Crippen LogP contribution is 2.25. The lowest BCUT2D eigenvalue weighted by atomic mass is 10.1. The average Bonchev–Trinajstić information content (AvgIpc) is 2.38. The average molecular weight is 220 g/mol. The zero-order valence-electron chi connectivity index (χ0n) is 9.59. The minimum Gasteiger partial charge on any atom is -0.263 e. The predicted molar refractivity (Wildman–Crippen MR) is 69.7 cm³/mol. The lowest BCUT2D eigenvalue weighted by Crippen LogP contribution is -1.88. The maximum atomic E-state index is 4.55. The minimum atomic E-state index is 0.981. The first-order valence-electron chi connectivity index (χ1n) is 5.61. The van der Waals surface area contributed by atoms with Gasteiger partial charge >= 0.3 is 0 Å². The molecular formula is C15H12N2. The number of pyridine rings is 2. The van der Waals surface area contributed by atoms with E-state index < -0.39 is 0 Å². The Labute approximate surface area is 100.0 Å². The summed E-state index contributed by atoms with van der Waals surface area (Å²) in [5.41, 5.74) is 3.09. The fraction of sp³-hybridized carbons (Fsp3) is 0.0667. The van der Waals surface area contributed by atoms with Crippen LogP contribution in [-0.4, -0.2) is 9.97 Å². The lowest BCUT2D eigenvalue weighted by Gasteiger charge is -2.05. The molecule has 2 aromatic heterocycles. The molecule has 0 N–H and O–H groups in total. The standard InChI is InChI=1S/C15H12N2/c1-11-5-4-8-15(17-11)14-10-16-9-12-6-2-3-7-13(12)14/h2-10H,1H3. The summed E-state index contributed by atoms with van der Waals surface area (Å²) in [6.45, 7) is 2.00. The third-order valence-corrected chi connectivity index (χ3v) is 2.83. The molecular weight excluding hydrogens is 208 g/mol. The SMILES string of the molecule is Cc1cccc(-c2cncc3ccccc23)n1. The van der Waals surface area contributed by atoms with Crippen LogP contribution in [0.15, 0.2) is 54.9 Å². The van der Waals surface area contributed by atoms with E-state index >= 15 is 0 Å². The Hall–Kier alpha value is -2.22. The van der Waals surface area contributed by atoms with Gasteiger partial charge in [-0.1, -0.05) is 30.3 Å². The molecule has 2 heteroatoms. The van der Waals surface area contributed by atoms with Gasteiger partial charge in [0.15, 0.2) is 0 Å². The third-order valence-electron chi connectivity index (χ3n) is 2.83. The molecule has 3 rings (SSSR count). The number of nitrogens with zero attached hydrogens (tertiary/aromatic N) is 2. The van der Waals surface area contributed by atoms with Crippen LogP contribution in [0.3, 0.4) is 0 Å². The number of benzene rings is 1. The van der Waals surface area contributed by atoms with Crippen molar-refractivity contribution < 1.29 is 0 Å². The highest BCUT2D eigenvalue weighted by Gasteiger charge is 2.04. The molecule has 0 aliphatic carbocycles. The van der Waals surface area contributed by atoms with Crippen LogP contribution in [0.4, 0.5) is 0 Å². The van der Waals surface area contributed by atoms with Crippen molar-refractivity contribution in [2.24, 2.45) is 0 Å². The van der Waals surface area contributed by atoms with Crippen LogP contribution in [0.2, 0.25) is 0 Å². The van der Waals surface area contributed by atoms with E-state index in [9.17, 15) is 0 Å². The van der Waals surface area contributed by atoms with Crippen LogP contribution in [0.5, 0.6) is 0 Å². The van der Waals surface area contributed by atoms with Crippen molar-refractivity contribution in [2.45, 2.75) is 6.92 Å². The summed E-state index contributed by atoms with van der Waals surface area (Å²) in [5, 5.41) is 2.34. The van der Waals surface area contributed by atoms with E-state index in [0.717, 1.165) is 22.3 Å². The first kappa shape index (κ1) is 9.97. The Kier molecular flexibility index (Phi) is 2.33. The fourth-order valence-corrected chi connectivity index (χ4v) is 2.01. The van der Waals surface area contributed by atoms with Gasteiger partial charge in [-0.3, -0.25) is 9.97 Å². The summed E-state index contributed by atoms with van der Waals surface area (Å²) in [6.07, 6.45) is 3.76. The first-order chi connectivity index (χ1) is 8.34. The molecule has 82 valence electrons. The molecule has 1 aromatic carbocycles. The maximum Gasteiger partial charge on any atom is 0.0726 e. The van der Waals surface area contributed by atoms with Gasteiger partial charge in [0.25, 0.3) is 0 Å². The van der Waals surface area contributed by atoms with Crippen molar-refractivity contribution in [1.82, 2.24) is 9.97 Å². The Bertz CT molecular complexity index is 669. The lowest BCUT2D eigenvalue weighted by molar-refractivity contribution is 1.20. The van der Waals surface area contributed by atoms with Crippen molar-refractivity contribution in [1.29, 1.82) is 0 Å². The smallest absolute Gasteiger partial charge is 0.0726 e. The van der Waals surface area contributed by atoms with Gasteiger partial charge in [0.05, 0.1) is 5.69 Å². The van der Waals surface area contributed by atoms with E-state index in [2.05, 4.69) is 22.1 Å². The zero-order chi connectivity index (χ0) is 11.7. The number of rotatable bonds is 1. The molecule has 0 bridgehead atoms. The maximum absolute atomic E-state index is 4.55. The summed E-state index contributed by atoms with van der Waals surface area (Å²) < 4.78 is 0. The van der Waals surface area contributed by atoms with Gasteiger partial charge in [0, 0.05) is 29.0 Å². The molecule has 0 unspecified atom stereocenters. The Morgan fingerprint density at radius 1 is 0.882 bits per heavy atom. The number of aryl methyl sites for hydroxylation is 1. The molecule has 0 amide bonds. The van der Waals surface area contributed by atoms with Crippen LogP contribution < -0.4 is 0 Å². The van der Waals surface area contributed by atoms with Gasteiger partial charge < -0.3 is 0 Å². The van der Waals surface area contributed by atoms with Gasteiger partial charge in [-0.15, -0.1) is 0 Å². The van der Waals surface area contributed by atoms with Crippen molar-refractivity contribution in [3.63, 3.8) is 0 Å². The molecule has 0 aliphatic heterocycles.